The van der Waals surface area contributed by atoms with Gasteiger partial charge in [0.2, 0.25) is 10.0 Å². The first-order valence-electron chi connectivity index (χ1n) is 4.50. The monoisotopic (exact) mass is 227 g/mol. The molecule has 0 saturated heterocycles. The SMILES string of the molecule is NS(=O)(=O)CCOCC1=CCC#CC=C1. The summed E-state index contributed by atoms with van der Waals surface area (Å²) in [6, 6.07) is 0. The Hall–Kier alpha value is -1.09. The largest absolute Gasteiger partial charge is 0.376 e. The first-order chi connectivity index (χ1) is 7.08. The van der Waals surface area contributed by atoms with Gasteiger partial charge in [0.25, 0.3) is 0 Å². The quantitative estimate of drug-likeness (QED) is 0.538. The lowest BCUT2D eigenvalue weighted by Crippen LogP contribution is -2.20. The second kappa shape index (κ2) is 5.71. The molecule has 0 radical (unpaired) electrons. The third-order valence-electron chi connectivity index (χ3n) is 1.73. The Bertz CT molecular complexity index is 423. The molecule has 1 rings (SSSR count). The van der Waals surface area contributed by atoms with E-state index in [-0.39, 0.29) is 12.4 Å². The third kappa shape index (κ3) is 6.07. The van der Waals surface area contributed by atoms with Gasteiger partial charge in [-0.1, -0.05) is 17.9 Å². The average Bonchev–Trinajstić information content (AvgIpc) is 2.39. The molecule has 1 aliphatic rings. The Balaban J connectivity index is 2.24. The molecule has 0 amide bonds. The molecule has 0 spiro atoms. The van der Waals surface area contributed by atoms with Crippen molar-refractivity contribution in [2.75, 3.05) is 19.0 Å². The maximum atomic E-state index is 10.6. The van der Waals surface area contributed by atoms with Crippen LogP contribution in [0.25, 0.3) is 0 Å². The predicted octanol–water partition coefficient (Wildman–Crippen LogP) is 0.181. The Morgan fingerprint density at radius 2 is 2.33 bits per heavy atom. The van der Waals surface area contributed by atoms with Crippen molar-refractivity contribution in [1.82, 2.24) is 0 Å². The number of ether oxygens (including phenoxy) is 1. The summed E-state index contributed by atoms with van der Waals surface area (Å²) in [5, 5.41) is 4.82. The van der Waals surface area contributed by atoms with Crippen LogP contribution in [0.15, 0.2) is 23.8 Å². The normalized spacial score (nSPS) is 15.1. The maximum Gasteiger partial charge on any atom is 0.211 e. The smallest absolute Gasteiger partial charge is 0.211 e. The van der Waals surface area contributed by atoms with Gasteiger partial charge in [-0.25, -0.2) is 13.6 Å². The molecule has 1 aliphatic carbocycles. The molecule has 0 aromatic carbocycles. The molecule has 0 aromatic heterocycles. The van der Waals surface area contributed by atoms with Crippen molar-refractivity contribution in [3.63, 3.8) is 0 Å². The molecule has 2 N–H and O–H groups in total. The van der Waals surface area contributed by atoms with Gasteiger partial charge in [0.05, 0.1) is 19.0 Å². The molecule has 0 atom stereocenters. The van der Waals surface area contributed by atoms with Crippen LogP contribution in [0, 0.1) is 11.8 Å². The fraction of sp³-hybridized carbons (Fsp3) is 0.400. The van der Waals surface area contributed by atoms with Gasteiger partial charge >= 0.3 is 0 Å². The Morgan fingerprint density at radius 3 is 3.07 bits per heavy atom. The van der Waals surface area contributed by atoms with Gasteiger partial charge in [0.1, 0.15) is 0 Å². The van der Waals surface area contributed by atoms with Crippen molar-refractivity contribution in [2.24, 2.45) is 5.14 Å². The number of primary sulfonamides is 1. The van der Waals surface area contributed by atoms with E-state index in [1.165, 1.54) is 0 Å². The van der Waals surface area contributed by atoms with Gasteiger partial charge < -0.3 is 4.74 Å². The van der Waals surface area contributed by atoms with E-state index in [1.807, 2.05) is 12.2 Å². The second-order valence-corrected chi connectivity index (χ2v) is 4.79. The van der Waals surface area contributed by atoms with Crippen molar-refractivity contribution in [2.45, 2.75) is 6.42 Å². The minimum absolute atomic E-state index is 0.116. The molecular formula is C10H13NO3S. The summed E-state index contributed by atoms with van der Waals surface area (Å²) in [7, 11) is -3.42. The number of hydrogen-bond donors (Lipinski definition) is 1. The molecule has 0 fully saturated rings. The first kappa shape index (κ1) is 12.0. The number of nitrogens with two attached hydrogens (primary N) is 1. The summed E-state index contributed by atoms with van der Waals surface area (Å²) in [5.41, 5.74) is 0.988. The van der Waals surface area contributed by atoms with E-state index in [0.29, 0.717) is 13.0 Å². The summed E-state index contributed by atoms with van der Waals surface area (Å²) in [4.78, 5) is 0. The van der Waals surface area contributed by atoms with E-state index in [9.17, 15) is 8.42 Å². The Labute approximate surface area is 89.9 Å². The molecular weight excluding hydrogens is 214 g/mol. The van der Waals surface area contributed by atoms with Crippen LogP contribution in [0.2, 0.25) is 0 Å². The molecule has 0 heterocycles. The number of hydrogen-bond acceptors (Lipinski definition) is 3. The van der Waals surface area contributed by atoms with Gasteiger partial charge in [-0.3, -0.25) is 0 Å². The number of allylic oxidation sites excluding steroid dienone is 2. The zero-order valence-electron chi connectivity index (χ0n) is 8.27. The van der Waals surface area contributed by atoms with E-state index in [1.54, 1.807) is 6.08 Å². The summed E-state index contributed by atoms with van der Waals surface area (Å²) < 4.78 is 26.3. The topological polar surface area (TPSA) is 69.4 Å². The van der Waals surface area contributed by atoms with Gasteiger partial charge in [-0.15, -0.1) is 0 Å². The highest BCUT2D eigenvalue weighted by atomic mass is 32.2. The highest BCUT2D eigenvalue weighted by Gasteiger charge is 2.02. The van der Waals surface area contributed by atoms with Crippen molar-refractivity contribution in [3.05, 3.63) is 23.8 Å². The second-order valence-electron chi connectivity index (χ2n) is 3.06. The lowest BCUT2D eigenvalue weighted by molar-refractivity contribution is 0.174. The van der Waals surface area contributed by atoms with Crippen LogP contribution < -0.4 is 5.14 Å². The summed E-state index contributed by atoms with van der Waals surface area (Å²) >= 11 is 0. The summed E-state index contributed by atoms with van der Waals surface area (Å²) in [5.74, 6) is 5.59. The van der Waals surface area contributed by atoms with Crippen molar-refractivity contribution < 1.29 is 13.2 Å². The van der Waals surface area contributed by atoms with Crippen LogP contribution in [-0.4, -0.2) is 27.4 Å². The molecule has 15 heavy (non-hydrogen) atoms. The van der Waals surface area contributed by atoms with E-state index in [4.69, 9.17) is 9.88 Å². The maximum absolute atomic E-state index is 10.6. The minimum Gasteiger partial charge on any atom is -0.376 e. The fourth-order valence-electron chi connectivity index (χ4n) is 0.989. The van der Waals surface area contributed by atoms with Crippen LogP contribution in [0.3, 0.4) is 0 Å². The molecule has 4 nitrogen and oxygen atoms in total. The van der Waals surface area contributed by atoms with Gasteiger partial charge in [-0.2, -0.15) is 0 Å². The number of sulfonamides is 1. The standard InChI is InChI=1S/C10H13NO3S/c11-15(12,13)8-7-14-9-10-5-3-1-2-4-6-10/h3,5-6H,4,7-9H2,(H2,11,12,13). The molecule has 0 unspecified atom stereocenters. The van der Waals surface area contributed by atoms with Crippen LogP contribution in [0.4, 0.5) is 0 Å². The molecule has 5 heteroatoms. The summed E-state index contributed by atoms with van der Waals surface area (Å²) in [6.45, 7) is 0.500. The molecule has 0 bridgehead atoms. The predicted molar refractivity (Wildman–Crippen MR) is 58.4 cm³/mol. The third-order valence-corrected chi connectivity index (χ3v) is 2.47. The molecule has 0 aliphatic heterocycles. The van der Waals surface area contributed by atoms with E-state index >= 15 is 0 Å². The van der Waals surface area contributed by atoms with Crippen LogP contribution >= 0.6 is 0 Å². The lowest BCUT2D eigenvalue weighted by atomic mass is 10.2. The molecule has 82 valence electrons. The zero-order chi connectivity index (χ0) is 11.1. The van der Waals surface area contributed by atoms with Crippen LogP contribution in [0.1, 0.15) is 6.42 Å². The molecule has 0 saturated carbocycles. The van der Waals surface area contributed by atoms with Crippen molar-refractivity contribution >= 4 is 10.0 Å². The lowest BCUT2D eigenvalue weighted by Gasteiger charge is -2.03. The Morgan fingerprint density at radius 1 is 1.53 bits per heavy atom. The first-order valence-corrected chi connectivity index (χ1v) is 6.22. The zero-order valence-corrected chi connectivity index (χ0v) is 9.09. The van der Waals surface area contributed by atoms with Gasteiger partial charge in [0, 0.05) is 6.42 Å². The minimum atomic E-state index is -3.42. The van der Waals surface area contributed by atoms with Crippen molar-refractivity contribution in [1.29, 1.82) is 0 Å². The average molecular weight is 227 g/mol. The Kier molecular flexibility index (Phi) is 4.56. The van der Waals surface area contributed by atoms with Gasteiger partial charge in [0.15, 0.2) is 0 Å². The molecule has 0 aromatic rings. The van der Waals surface area contributed by atoms with Crippen molar-refractivity contribution in [3.8, 4) is 11.8 Å². The highest BCUT2D eigenvalue weighted by molar-refractivity contribution is 7.89. The van der Waals surface area contributed by atoms with E-state index in [2.05, 4.69) is 11.8 Å². The van der Waals surface area contributed by atoms with E-state index in [0.717, 1.165) is 5.57 Å². The van der Waals surface area contributed by atoms with Crippen LogP contribution in [0.5, 0.6) is 0 Å². The van der Waals surface area contributed by atoms with Gasteiger partial charge in [-0.05, 0) is 17.7 Å². The van der Waals surface area contributed by atoms with Crippen LogP contribution in [-0.2, 0) is 14.8 Å². The fourth-order valence-corrected chi connectivity index (χ4v) is 1.34. The number of rotatable bonds is 5. The summed E-state index contributed by atoms with van der Waals surface area (Å²) in [6.07, 6.45) is 6.26. The highest BCUT2D eigenvalue weighted by Crippen LogP contribution is 2.02. The van der Waals surface area contributed by atoms with E-state index < -0.39 is 10.0 Å².